The third kappa shape index (κ3) is 6.91. The van der Waals surface area contributed by atoms with E-state index in [0.29, 0.717) is 18.4 Å². The molecule has 24 heavy (non-hydrogen) atoms. The maximum atomic E-state index is 5.64. The van der Waals surface area contributed by atoms with Crippen molar-refractivity contribution in [1.29, 1.82) is 0 Å². The second-order valence-corrected chi connectivity index (χ2v) is 6.99. The van der Waals surface area contributed by atoms with E-state index in [1.165, 1.54) is 5.56 Å². The second kappa shape index (κ2) is 10.3. The van der Waals surface area contributed by atoms with E-state index in [2.05, 4.69) is 54.2 Å². The fraction of sp³-hybridized carbons (Fsp3) is 0.778. The standard InChI is InChI=1S/C18H35N5O/c1-14(2)8-10-24-11-9-20-18(19-5)22(6)12-16-13-23(7)21-17(16)15(3)4/h13-15H,8-12H2,1-7H3,(H,19,20). The summed E-state index contributed by atoms with van der Waals surface area (Å²) in [5.41, 5.74) is 2.39. The third-order valence-corrected chi connectivity index (χ3v) is 3.83. The summed E-state index contributed by atoms with van der Waals surface area (Å²) in [4.78, 5) is 6.48. The van der Waals surface area contributed by atoms with Gasteiger partial charge in [-0.25, -0.2) is 0 Å². The smallest absolute Gasteiger partial charge is 0.193 e. The summed E-state index contributed by atoms with van der Waals surface area (Å²) in [5, 5.41) is 7.92. The maximum absolute atomic E-state index is 5.64. The van der Waals surface area contributed by atoms with Gasteiger partial charge in [-0.3, -0.25) is 9.67 Å². The molecule has 1 N–H and O–H groups in total. The number of hydrogen-bond acceptors (Lipinski definition) is 3. The van der Waals surface area contributed by atoms with Crippen LogP contribution in [0, 0.1) is 5.92 Å². The van der Waals surface area contributed by atoms with Crippen LogP contribution in [0.15, 0.2) is 11.2 Å². The monoisotopic (exact) mass is 337 g/mol. The molecule has 0 saturated carbocycles. The van der Waals surface area contributed by atoms with Gasteiger partial charge in [0.05, 0.1) is 12.3 Å². The van der Waals surface area contributed by atoms with Crippen molar-refractivity contribution in [2.45, 2.75) is 46.6 Å². The first kappa shape index (κ1) is 20.5. The lowest BCUT2D eigenvalue weighted by molar-refractivity contribution is 0.127. The zero-order valence-corrected chi connectivity index (χ0v) is 16.5. The maximum Gasteiger partial charge on any atom is 0.193 e. The highest BCUT2D eigenvalue weighted by atomic mass is 16.5. The molecule has 1 aromatic rings. The Kier molecular flexibility index (Phi) is 8.82. The largest absolute Gasteiger partial charge is 0.380 e. The SMILES string of the molecule is CN=C(NCCOCCC(C)C)N(C)Cc1cn(C)nc1C(C)C. The van der Waals surface area contributed by atoms with Crippen LogP contribution in [0.4, 0.5) is 0 Å². The highest BCUT2D eigenvalue weighted by Crippen LogP contribution is 2.18. The number of hydrogen-bond donors (Lipinski definition) is 1. The fourth-order valence-corrected chi connectivity index (χ4v) is 2.53. The van der Waals surface area contributed by atoms with Gasteiger partial charge in [-0.1, -0.05) is 27.7 Å². The minimum atomic E-state index is 0.416. The van der Waals surface area contributed by atoms with Crippen molar-refractivity contribution in [3.63, 3.8) is 0 Å². The Morgan fingerprint density at radius 3 is 2.62 bits per heavy atom. The van der Waals surface area contributed by atoms with Gasteiger partial charge in [0.2, 0.25) is 0 Å². The van der Waals surface area contributed by atoms with E-state index in [4.69, 9.17) is 4.74 Å². The summed E-state index contributed by atoms with van der Waals surface area (Å²) in [7, 11) is 5.83. The van der Waals surface area contributed by atoms with Gasteiger partial charge >= 0.3 is 0 Å². The minimum Gasteiger partial charge on any atom is -0.380 e. The van der Waals surface area contributed by atoms with E-state index in [0.717, 1.165) is 37.8 Å². The van der Waals surface area contributed by atoms with Crippen LogP contribution in [0.1, 0.15) is 51.3 Å². The summed E-state index contributed by atoms with van der Waals surface area (Å²) in [5.74, 6) is 1.98. The van der Waals surface area contributed by atoms with Crippen molar-refractivity contribution in [2.75, 3.05) is 33.9 Å². The van der Waals surface area contributed by atoms with Crippen LogP contribution in [0.3, 0.4) is 0 Å². The Balaban J connectivity index is 2.46. The Hall–Kier alpha value is -1.56. The van der Waals surface area contributed by atoms with E-state index < -0.39 is 0 Å². The molecule has 0 aromatic carbocycles. The molecular formula is C18H35N5O. The van der Waals surface area contributed by atoms with Gasteiger partial charge in [-0.15, -0.1) is 0 Å². The number of rotatable bonds is 9. The first-order chi connectivity index (χ1) is 11.3. The third-order valence-electron chi connectivity index (χ3n) is 3.83. The predicted octanol–water partition coefficient (Wildman–Crippen LogP) is 2.61. The predicted molar refractivity (Wildman–Crippen MR) is 100 cm³/mol. The Bertz CT molecular complexity index is 508. The molecule has 1 heterocycles. The van der Waals surface area contributed by atoms with Gasteiger partial charge < -0.3 is 15.0 Å². The highest BCUT2D eigenvalue weighted by Gasteiger charge is 2.14. The Labute approximate surface area is 147 Å². The van der Waals surface area contributed by atoms with Crippen LogP contribution in [0.5, 0.6) is 0 Å². The molecule has 0 aliphatic carbocycles. The van der Waals surface area contributed by atoms with E-state index >= 15 is 0 Å². The molecule has 1 aromatic heterocycles. The molecule has 0 bridgehead atoms. The number of nitrogens with one attached hydrogen (secondary N) is 1. The van der Waals surface area contributed by atoms with Crippen LogP contribution < -0.4 is 5.32 Å². The Morgan fingerprint density at radius 1 is 1.33 bits per heavy atom. The van der Waals surface area contributed by atoms with Crippen molar-refractivity contribution in [2.24, 2.45) is 18.0 Å². The van der Waals surface area contributed by atoms with Crippen molar-refractivity contribution in [3.05, 3.63) is 17.5 Å². The summed E-state index contributed by atoms with van der Waals surface area (Å²) < 4.78 is 7.53. The molecule has 1 rings (SSSR count). The number of ether oxygens (including phenoxy) is 1. The van der Waals surface area contributed by atoms with Gasteiger partial charge in [-0.05, 0) is 18.3 Å². The van der Waals surface area contributed by atoms with Crippen LogP contribution in [0.2, 0.25) is 0 Å². The lowest BCUT2D eigenvalue weighted by Gasteiger charge is -2.22. The molecule has 0 aliphatic rings. The van der Waals surface area contributed by atoms with Crippen molar-refractivity contribution in [1.82, 2.24) is 20.0 Å². The number of aromatic nitrogens is 2. The van der Waals surface area contributed by atoms with Crippen molar-refractivity contribution < 1.29 is 4.74 Å². The molecule has 0 atom stereocenters. The van der Waals surface area contributed by atoms with Gasteiger partial charge in [0, 0.05) is 52.6 Å². The average molecular weight is 338 g/mol. The highest BCUT2D eigenvalue weighted by molar-refractivity contribution is 5.79. The molecule has 0 aliphatic heterocycles. The van der Waals surface area contributed by atoms with Crippen LogP contribution in [-0.2, 0) is 18.3 Å². The molecule has 138 valence electrons. The normalized spacial score (nSPS) is 12.3. The summed E-state index contributed by atoms with van der Waals surface area (Å²) >= 11 is 0. The van der Waals surface area contributed by atoms with E-state index in [-0.39, 0.29) is 0 Å². The molecule has 0 radical (unpaired) electrons. The molecule has 6 heteroatoms. The van der Waals surface area contributed by atoms with Crippen LogP contribution >= 0.6 is 0 Å². The van der Waals surface area contributed by atoms with E-state index in [1.807, 2.05) is 25.8 Å². The van der Waals surface area contributed by atoms with Gasteiger partial charge in [0.25, 0.3) is 0 Å². The number of nitrogens with zero attached hydrogens (tertiary/aromatic N) is 4. The molecule has 0 fully saturated rings. The molecule has 0 unspecified atom stereocenters. The average Bonchev–Trinajstić information content (AvgIpc) is 2.87. The lowest BCUT2D eigenvalue weighted by atomic mass is 10.1. The lowest BCUT2D eigenvalue weighted by Crippen LogP contribution is -2.40. The second-order valence-electron chi connectivity index (χ2n) is 6.99. The topological polar surface area (TPSA) is 54.7 Å². The molecule has 0 amide bonds. The molecule has 0 saturated heterocycles. The van der Waals surface area contributed by atoms with Crippen LogP contribution in [0.25, 0.3) is 0 Å². The first-order valence-corrected chi connectivity index (χ1v) is 8.87. The van der Waals surface area contributed by atoms with Crippen LogP contribution in [-0.4, -0.2) is 54.5 Å². The van der Waals surface area contributed by atoms with E-state index in [1.54, 1.807) is 0 Å². The quantitative estimate of drug-likeness (QED) is 0.427. The van der Waals surface area contributed by atoms with Gasteiger partial charge in [0.1, 0.15) is 0 Å². The van der Waals surface area contributed by atoms with E-state index in [9.17, 15) is 0 Å². The molecular weight excluding hydrogens is 302 g/mol. The zero-order chi connectivity index (χ0) is 18.1. The summed E-state index contributed by atoms with van der Waals surface area (Å²) in [6, 6.07) is 0. The first-order valence-electron chi connectivity index (χ1n) is 8.87. The van der Waals surface area contributed by atoms with Gasteiger partial charge in [-0.2, -0.15) is 5.10 Å². The Morgan fingerprint density at radius 2 is 2.04 bits per heavy atom. The minimum absolute atomic E-state index is 0.416. The number of guanidine groups is 1. The van der Waals surface area contributed by atoms with Crippen molar-refractivity contribution in [3.8, 4) is 0 Å². The summed E-state index contributed by atoms with van der Waals surface area (Å²) in [6.07, 6.45) is 3.20. The van der Waals surface area contributed by atoms with Crippen molar-refractivity contribution >= 4 is 5.96 Å². The van der Waals surface area contributed by atoms with Gasteiger partial charge in [0.15, 0.2) is 5.96 Å². The zero-order valence-electron chi connectivity index (χ0n) is 16.5. The summed E-state index contributed by atoms with van der Waals surface area (Å²) in [6.45, 7) is 11.8. The fourth-order valence-electron chi connectivity index (χ4n) is 2.53. The number of aliphatic imine (C=N–C) groups is 1. The molecule has 6 nitrogen and oxygen atoms in total. The number of aryl methyl sites for hydroxylation is 1. The molecule has 0 spiro atoms.